The number of aliphatic carboxylic acids is 1. The fourth-order valence-corrected chi connectivity index (χ4v) is 4.79. The molecule has 0 saturated heterocycles. The summed E-state index contributed by atoms with van der Waals surface area (Å²) in [4.78, 5) is 11.3. The van der Waals surface area contributed by atoms with Gasteiger partial charge in [-0.05, 0) is 64.2 Å². The Hall–Kier alpha value is -1.85. The number of hydrogen-bond donors (Lipinski definition) is 1. The van der Waals surface area contributed by atoms with E-state index in [1.54, 1.807) is 6.07 Å². The molecule has 0 bridgehead atoms. The van der Waals surface area contributed by atoms with Crippen LogP contribution in [0.25, 0.3) is 10.9 Å². The van der Waals surface area contributed by atoms with Gasteiger partial charge in [0.25, 0.3) is 0 Å². The molecular formula is C20H16BrClFNO2. The van der Waals surface area contributed by atoms with E-state index in [1.165, 1.54) is 6.07 Å². The van der Waals surface area contributed by atoms with Crippen molar-refractivity contribution in [3.05, 3.63) is 68.5 Å². The maximum absolute atomic E-state index is 14.0. The highest BCUT2D eigenvalue weighted by Crippen LogP contribution is 2.44. The smallest absolute Gasteiger partial charge is 0.304 e. The number of benzene rings is 2. The number of carbonyl (C=O) groups is 1. The second-order valence-corrected chi connectivity index (χ2v) is 7.98. The van der Waals surface area contributed by atoms with Crippen molar-refractivity contribution >= 4 is 44.4 Å². The third-order valence-corrected chi connectivity index (χ3v) is 5.88. The van der Waals surface area contributed by atoms with Gasteiger partial charge in [0.1, 0.15) is 5.82 Å². The molecule has 0 spiro atoms. The van der Waals surface area contributed by atoms with E-state index < -0.39 is 5.97 Å². The lowest BCUT2D eigenvalue weighted by Gasteiger charge is -2.16. The first-order valence-electron chi connectivity index (χ1n) is 8.40. The molecule has 0 fully saturated rings. The van der Waals surface area contributed by atoms with Crippen LogP contribution in [0.1, 0.15) is 35.6 Å². The number of hydrogen-bond acceptors (Lipinski definition) is 1. The van der Waals surface area contributed by atoms with Gasteiger partial charge in [0.15, 0.2) is 0 Å². The minimum absolute atomic E-state index is 0.0582. The maximum Gasteiger partial charge on any atom is 0.304 e. The molecule has 4 rings (SSSR count). The zero-order valence-electron chi connectivity index (χ0n) is 13.8. The fraction of sp³-hybridized carbons (Fsp3) is 0.250. The van der Waals surface area contributed by atoms with Gasteiger partial charge in [-0.15, -0.1) is 0 Å². The summed E-state index contributed by atoms with van der Waals surface area (Å²) < 4.78 is 16.8. The van der Waals surface area contributed by atoms with Crippen LogP contribution in [0.15, 0.2) is 40.9 Å². The summed E-state index contributed by atoms with van der Waals surface area (Å²) in [5.74, 6) is -1.16. The fourth-order valence-electron chi connectivity index (χ4n) is 4.02. The van der Waals surface area contributed by atoms with Crippen molar-refractivity contribution in [1.82, 2.24) is 4.57 Å². The van der Waals surface area contributed by atoms with Gasteiger partial charge in [-0.25, -0.2) is 4.39 Å². The number of aromatic nitrogens is 1. The highest BCUT2D eigenvalue weighted by Gasteiger charge is 2.32. The Morgan fingerprint density at radius 2 is 2.04 bits per heavy atom. The summed E-state index contributed by atoms with van der Waals surface area (Å²) >= 11 is 9.48. The average molecular weight is 437 g/mol. The van der Waals surface area contributed by atoms with Gasteiger partial charge in [0, 0.05) is 33.0 Å². The highest BCUT2D eigenvalue weighted by atomic mass is 79.9. The molecule has 6 heteroatoms. The Morgan fingerprint density at radius 3 is 2.73 bits per heavy atom. The molecule has 0 radical (unpaired) electrons. The number of nitrogens with zero attached hydrogens (tertiary/aromatic N) is 1. The van der Waals surface area contributed by atoms with Gasteiger partial charge in [-0.1, -0.05) is 23.7 Å². The number of carboxylic acids is 1. The van der Waals surface area contributed by atoms with Gasteiger partial charge in [0.2, 0.25) is 0 Å². The number of aryl methyl sites for hydroxylation is 1. The summed E-state index contributed by atoms with van der Waals surface area (Å²) in [6.45, 7) is 0.587. The van der Waals surface area contributed by atoms with Crippen molar-refractivity contribution in [3.63, 3.8) is 0 Å². The second-order valence-electron chi connectivity index (χ2n) is 6.69. The molecule has 1 aliphatic carbocycles. The molecule has 0 saturated carbocycles. The molecule has 134 valence electrons. The predicted molar refractivity (Wildman–Crippen MR) is 103 cm³/mol. The SMILES string of the molecule is O=C(O)C[C@@H]1CCc2c1n(Cc1ccc(Cl)cc1)c1c(Br)cc(F)cc21. The first kappa shape index (κ1) is 17.6. The van der Waals surface area contributed by atoms with E-state index in [9.17, 15) is 14.3 Å². The summed E-state index contributed by atoms with van der Waals surface area (Å²) in [7, 11) is 0. The normalized spacial score (nSPS) is 16.2. The summed E-state index contributed by atoms with van der Waals surface area (Å²) in [6.07, 6.45) is 1.64. The topological polar surface area (TPSA) is 42.2 Å². The van der Waals surface area contributed by atoms with Crippen LogP contribution in [-0.4, -0.2) is 15.6 Å². The summed E-state index contributed by atoms with van der Waals surface area (Å²) in [5, 5.41) is 10.8. The third-order valence-electron chi connectivity index (χ3n) is 5.03. The Morgan fingerprint density at radius 1 is 1.31 bits per heavy atom. The van der Waals surface area contributed by atoms with Crippen molar-refractivity contribution in [2.24, 2.45) is 0 Å². The van der Waals surface area contributed by atoms with E-state index in [2.05, 4.69) is 20.5 Å². The highest BCUT2D eigenvalue weighted by molar-refractivity contribution is 9.10. The molecule has 1 aromatic heterocycles. The Labute approximate surface area is 163 Å². The van der Waals surface area contributed by atoms with Crippen LogP contribution in [0.3, 0.4) is 0 Å². The Balaban J connectivity index is 1.91. The van der Waals surface area contributed by atoms with Crippen molar-refractivity contribution in [3.8, 4) is 0 Å². The molecule has 0 amide bonds. The monoisotopic (exact) mass is 435 g/mol. The third kappa shape index (κ3) is 3.03. The first-order valence-corrected chi connectivity index (χ1v) is 9.57. The van der Waals surface area contributed by atoms with E-state index in [1.807, 2.05) is 24.3 Å². The van der Waals surface area contributed by atoms with E-state index in [-0.39, 0.29) is 18.2 Å². The zero-order chi connectivity index (χ0) is 18.4. The molecule has 3 nitrogen and oxygen atoms in total. The van der Waals surface area contributed by atoms with E-state index in [0.717, 1.165) is 40.6 Å². The van der Waals surface area contributed by atoms with Crippen molar-refractivity contribution in [2.75, 3.05) is 0 Å². The largest absolute Gasteiger partial charge is 0.481 e. The average Bonchev–Trinajstić information content (AvgIpc) is 3.09. The molecule has 0 unspecified atom stereocenters. The summed E-state index contributed by atoms with van der Waals surface area (Å²) in [6, 6.07) is 10.6. The molecule has 1 atom stereocenters. The predicted octanol–water partition coefficient (Wildman–Crippen LogP) is 5.75. The van der Waals surface area contributed by atoms with Gasteiger partial charge in [-0.2, -0.15) is 0 Å². The summed E-state index contributed by atoms with van der Waals surface area (Å²) in [5.41, 5.74) is 4.07. The van der Waals surface area contributed by atoms with Crippen molar-refractivity contribution in [2.45, 2.75) is 31.7 Å². The standard InChI is InChI=1S/C20H16BrClFNO2/c21-17-9-14(23)8-16-15-6-3-12(7-18(25)26)19(15)24(20(16)17)10-11-1-4-13(22)5-2-11/h1-2,4-5,8-9,12H,3,6-7,10H2,(H,25,26)/t12-/m0/s1. The molecule has 1 heterocycles. The molecular weight excluding hydrogens is 421 g/mol. The van der Waals surface area contributed by atoms with Crippen LogP contribution in [0.2, 0.25) is 5.02 Å². The maximum atomic E-state index is 14.0. The Bertz CT molecular complexity index is 1010. The first-order chi connectivity index (χ1) is 12.4. The van der Waals surface area contributed by atoms with Crippen molar-refractivity contribution in [1.29, 1.82) is 0 Å². The molecule has 26 heavy (non-hydrogen) atoms. The molecule has 1 N–H and O–H groups in total. The molecule has 0 aliphatic heterocycles. The van der Waals surface area contributed by atoms with E-state index >= 15 is 0 Å². The van der Waals surface area contributed by atoms with Crippen molar-refractivity contribution < 1.29 is 14.3 Å². The number of fused-ring (bicyclic) bond motifs is 3. The van der Waals surface area contributed by atoms with Gasteiger partial charge in [0.05, 0.1) is 11.9 Å². The Kier molecular flexibility index (Phi) is 4.53. The van der Waals surface area contributed by atoms with Crippen LogP contribution in [0, 0.1) is 5.82 Å². The lowest BCUT2D eigenvalue weighted by molar-refractivity contribution is -0.137. The number of carboxylic acid groups (broad SMARTS) is 1. The van der Waals surface area contributed by atoms with E-state index in [0.29, 0.717) is 16.0 Å². The zero-order valence-corrected chi connectivity index (χ0v) is 16.1. The lowest BCUT2D eigenvalue weighted by atomic mass is 10.0. The molecule has 1 aliphatic rings. The second kappa shape index (κ2) is 6.71. The van der Waals surface area contributed by atoms with E-state index in [4.69, 9.17) is 11.6 Å². The quantitative estimate of drug-likeness (QED) is 0.566. The van der Waals surface area contributed by atoms with Gasteiger partial charge >= 0.3 is 5.97 Å². The molecule has 3 aromatic rings. The van der Waals surface area contributed by atoms with Crippen LogP contribution < -0.4 is 0 Å². The van der Waals surface area contributed by atoms with Crippen LogP contribution in [0.4, 0.5) is 4.39 Å². The van der Waals surface area contributed by atoms with Gasteiger partial charge in [-0.3, -0.25) is 4.79 Å². The van der Waals surface area contributed by atoms with Crippen LogP contribution in [0.5, 0.6) is 0 Å². The minimum Gasteiger partial charge on any atom is -0.481 e. The lowest BCUT2D eigenvalue weighted by Crippen LogP contribution is -2.10. The van der Waals surface area contributed by atoms with Crippen LogP contribution in [-0.2, 0) is 17.8 Å². The number of rotatable bonds is 4. The molecule has 2 aromatic carbocycles. The number of halogens is 3. The van der Waals surface area contributed by atoms with Gasteiger partial charge < -0.3 is 9.67 Å². The van der Waals surface area contributed by atoms with Crippen LogP contribution >= 0.6 is 27.5 Å². The minimum atomic E-state index is -0.809.